The molecule has 0 saturated heterocycles. The molecule has 0 atom stereocenters. The van der Waals surface area contributed by atoms with Gasteiger partial charge in [-0.3, -0.25) is 9.78 Å². The lowest BCUT2D eigenvalue weighted by Crippen LogP contribution is -2.22. The first-order chi connectivity index (χ1) is 8.26. The van der Waals surface area contributed by atoms with Crippen LogP contribution >= 0.6 is 6.49 Å². The van der Waals surface area contributed by atoms with Crippen molar-refractivity contribution < 1.29 is 9.79 Å². The van der Waals surface area contributed by atoms with Crippen molar-refractivity contribution in [2.45, 2.75) is 33.1 Å². The minimum atomic E-state index is -2.86. The van der Waals surface area contributed by atoms with Crippen LogP contribution in [0.15, 0.2) is 15.8 Å². The zero-order chi connectivity index (χ0) is 14.2. The number of aryl methyl sites for hydroxylation is 1. The SMILES string of the molecule is CCCCCP(O)(O)=S.Cc1c[nH]c(=O)[nH]c1=O. The second kappa shape index (κ2) is 8.37. The third kappa shape index (κ3) is 9.30. The maximum Gasteiger partial charge on any atom is 0.325 e. The van der Waals surface area contributed by atoms with Crippen molar-refractivity contribution in [2.75, 3.05) is 6.16 Å². The van der Waals surface area contributed by atoms with Crippen molar-refractivity contribution in [3.8, 4) is 0 Å². The van der Waals surface area contributed by atoms with E-state index in [1.807, 2.05) is 0 Å². The molecule has 0 saturated carbocycles. The molecule has 18 heavy (non-hydrogen) atoms. The van der Waals surface area contributed by atoms with E-state index in [1.165, 1.54) is 6.20 Å². The van der Waals surface area contributed by atoms with E-state index in [0.717, 1.165) is 19.3 Å². The molecule has 6 nitrogen and oxygen atoms in total. The Morgan fingerprint density at radius 3 is 2.33 bits per heavy atom. The molecular weight excluding hydrogens is 275 g/mol. The van der Waals surface area contributed by atoms with Crippen LogP contribution in [0.4, 0.5) is 0 Å². The van der Waals surface area contributed by atoms with Gasteiger partial charge in [0.25, 0.3) is 5.56 Å². The first kappa shape index (κ1) is 17.2. The van der Waals surface area contributed by atoms with E-state index >= 15 is 0 Å². The van der Waals surface area contributed by atoms with Gasteiger partial charge in [0.2, 0.25) is 0 Å². The second-order valence-corrected chi connectivity index (χ2v) is 7.38. The lowest BCUT2D eigenvalue weighted by molar-refractivity contribution is 0.475. The van der Waals surface area contributed by atoms with Gasteiger partial charge in [-0.1, -0.05) is 19.8 Å². The molecule has 1 aromatic heterocycles. The van der Waals surface area contributed by atoms with Crippen LogP contribution < -0.4 is 11.2 Å². The summed E-state index contributed by atoms with van der Waals surface area (Å²) in [5.74, 6) is 0. The smallest absolute Gasteiger partial charge is 0.325 e. The van der Waals surface area contributed by atoms with E-state index in [9.17, 15) is 9.59 Å². The van der Waals surface area contributed by atoms with Crippen molar-refractivity contribution >= 4 is 18.3 Å². The van der Waals surface area contributed by atoms with E-state index < -0.39 is 12.2 Å². The highest BCUT2D eigenvalue weighted by atomic mass is 32.5. The van der Waals surface area contributed by atoms with E-state index in [4.69, 9.17) is 9.79 Å². The Labute approximate surface area is 110 Å². The number of rotatable bonds is 4. The fourth-order valence-corrected chi connectivity index (χ4v) is 2.07. The summed E-state index contributed by atoms with van der Waals surface area (Å²) in [5, 5.41) is 0. The summed E-state index contributed by atoms with van der Waals surface area (Å²) in [7, 11) is 0. The number of nitrogens with one attached hydrogen (secondary N) is 2. The molecular formula is C10H19N2O4PS. The van der Waals surface area contributed by atoms with Crippen LogP contribution in [0.2, 0.25) is 0 Å². The van der Waals surface area contributed by atoms with Gasteiger partial charge in [0.05, 0.1) is 0 Å². The second-order valence-electron chi connectivity index (χ2n) is 3.85. The molecule has 0 amide bonds. The Kier molecular flexibility index (Phi) is 8.02. The summed E-state index contributed by atoms with van der Waals surface area (Å²) in [6, 6.07) is 0. The zero-order valence-electron chi connectivity index (χ0n) is 10.5. The van der Waals surface area contributed by atoms with Crippen LogP contribution in [0.1, 0.15) is 31.7 Å². The Hall–Kier alpha value is -0.750. The van der Waals surface area contributed by atoms with Crippen LogP contribution in [0, 0.1) is 6.92 Å². The number of H-pyrrole nitrogens is 2. The largest absolute Gasteiger partial charge is 0.345 e. The molecule has 0 aromatic carbocycles. The van der Waals surface area contributed by atoms with Crippen LogP contribution in [-0.2, 0) is 11.8 Å². The molecule has 0 bridgehead atoms. The van der Waals surface area contributed by atoms with Crippen LogP contribution in [0.25, 0.3) is 0 Å². The Morgan fingerprint density at radius 1 is 1.33 bits per heavy atom. The van der Waals surface area contributed by atoms with E-state index in [0.29, 0.717) is 11.7 Å². The molecule has 0 aliphatic heterocycles. The normalized spacial score (nSPS) is 10.7. The minimum absolute atomic E-state index is 0.334. The fourth-order valence-electron chi connectivity index (χ4n) is 1.04. The monoisotopic (exact) mass is 294 g/mol. The van der Waals surface area contributed by atoms with Crippen LogP contribution in [-0.4, -0.2) is 25.9 Å². The maximum atomic E-state index is 10.6. The molecule has 104 valence electrons. The average molecular weight is 294 g/mol. The van der Waals surface area contributed by atoms with E-state index in [-0.39, 0.29) is 5.56 Å². The van der Waals surface area contributed by atoms with Gasteiger partial charge in [0, 0.05) is 17.9 Å². The topological polar surface area (TPSA) is 106 Å². The highest BCUT2D eigenvalue weighted by Gasteiger charge is 2.04. The summed E-state index contributed by atoms with van der Waals surface area (Å²) < 4.78 is 0. The van der Waals surface area contributed by atoms with E-state index in [2.05, 4.69) is 28.7 Å². The third-order valence-electron chi connectivity index (χ3n) is 2.06. The number of aromatic amines is 2. The number of hydrogen-bond acceptors (Lipinski definition) is 3. The molecule has 1 aromatic rings. The molecule has 0 aliphatic carbocycles. The Bertz CT molecular complexity index is 505. The molecule has 4 N–H and O–H groups in total. The van der Waals surface area contributed by atoms with Crippen molar-refractivity contribution in [1.82, 2.24) is 9.97 Å². The molecule has 8 heteroatoms. The number of aromatic nitrogens is 2. The average Bonchev–Trinajstić information content (AvgIpc) is 2.24. The van der Waals surface area contributed by atoms with Gasteiger partial charge in [-0.05, 0) is 25.2 Å². The van der Waals surface area contributed by atoms with Crippen LogP contribution in [0.5, 0.6) is 0 Å². The quantitative estimate of drug-likeness (QED) is 0.486. The van der Waals surface area contributed by atoms with Gasteiger partial charge in [-0.2, -0.15) is 0 Å². The van der Waals surface area contributed by atoms with Crippen molar-refractivity contribution in [3.05, 3.63) is 32.6 Å². The fraction of sp³-hybridized carbons (Fsp3) is 0.600. The molecule has 0 radical (unpaired) electrons. The van der Waals surface area contributed by atoms with Gasteiger partial charge in [0.15, 0.2) is 6.49 Å². The predicted octanol–water partition coefficient (Wildman–Crippen LogP) is 0.842. The van der Waals surface area contributed by atoms with Gasteiger partial charge in [-0.25, -0.2) is 4.79 Å². The van der Waals surface area contributed by atoms with Crippen molar-refractivity contribution in [1.29, 1.82) is 0 Å². The minimum Gasteiger partial charge on any atom is -0.345 e. The highest BCUT2D eigenvalue weighted by Crippen LogP contribution is 2.35. The van der Waals surface area contributed by atoms with Crippen molar-refractivity contribution in [3.63, 3.8) is 0 Å². The number of unbranched alkanes of at least 4 members (excludes halogenated alkanes) is 2. The maximum absolute atomic E-state index is 10.6. The predicted molar refractivity (Wildman–Crippen MR) is 75.5 cm³/mol. The van der Waals surface area contributed by atoms with Crippen LogP contribution in [0.3, 0.4) is 0 Å². The Balaban J connectivity index is 0.000000321. The summed E-state index contributed by atoms with van der Waals surface area (Å²) >= 11 is 4.42. The van der Waals surface area contributed by atoms with Gasteiger partial charge in [0.1, 0.15) is 0 Å². The molecule has 0 aliphatic rings. The lowest BCUT2D eigenvalue weighted by atomic mass is 10.3. The first-order valence-corrected chi connectivity index (χ1v) is 8.48. The molecule has 1 heterocycles. The molecule has 0 fully saturated rings. The summed E-state index contributed by atoms with van der Waals surface area (Å²) in [5.41, 5.74) is -0.293. The van der Waals surface area contributed by atoms with Gasteiger partial charge >= 0.3 is 5.69 Å². The Morgan fingerprint density at radius 2 is 1.94 bits per heavy atom. The van der Waals surface area contributed by atoms with Gasteiger partial charge < -0.3 is 14.8 Å². The highest BCUT2D eigenvalue weighted by molar-refractivity contribution is 8.09. The molecule has 0 unspecified atom stereocenters. The van der Waals surface area contributed by atoms with E-state index in [1.54, 1.807) is 6.92 Å². The summed E-state index contributed by atoms with van der Waals surface area (Å²) in [4.78, 5) is 42.7. The molecule has 1 rings (SSSR count). The summed E-state index contributed by atoms with van der Waals surface area (Å²) in [6.07, 6.45) is 4.77. The molecule has 0 spiro atoms. The third-order valence-corrected chi connectivity index (χ3v) is 3.50. The lowest BCUT2D eigenvalue weighted by Gasteiger charge is -2.04. The van der Waals surface area contributed by atoms with Gasteiger partial charge in [-0.15, -0.1) is 0 Å². The standard InChI is InChI=1S/C5H6N2O2.C5H13O2PS/c1-3-2-6-5(9)7-4(3)8;1-2-3-4-5-8(6,7)9/h2H,1H3,(H2,6,7,8,9);2-5H2,1H3,(H2,6,7,9). The first-order valence-electron chi connectivity index (χ1n) is 5.59. The zero-order valence-corrected chi connectivity index (χ0v) is 12.2. The number of hydrogen-bond donors (Lipinski definition) is 4. The van der Waals surface area contributed by atoms with Crippen molar-refractivity contribution in [2.24, 2.45) is 0 Å². The summed E-state index contributed by atoms with van der Waals surface area (Å²) in [6.45, 7) is 0.825.